The number of fused-ring (bicyclic) bond motifs is 1. The number of rotatable bonds is 12. The van der Waals surface area contributed by atoms with Crippen molar-refractivity contribution in [2.24, 2.45) is 0 Å². The maximum absolute atomic E-state index is 12.8. The summed E-state index contributed by atoms with van der Waals surface area (Å²) in [5.41, 5.74) is 7.56. The van der Waals surface area contributed by atoms with E-state index in [1.807, 2.05) is 50.2 Å². The van der Waals surface area contributed by atoms with E-state index in [0.29, 0.717) is 30.3 Å². The van der Waals surface area contributed by atoms with E-state index in [1.165, 1.54) is 0 Å². The smallest absolute Gasteiger partial charge is 0.326 e. The zero-order valence-electron chi connectivity index (χ0n) is 24.1. The van der Waals surface area contributed by atoms with Crippen LogP contribution in [0.1, 0.15) is 50.8 Å². The summed E-state index contributed by atoms with van der Waals surface area (Å²) < 4.78 is 11.1. The Morgan fingerprint density at radius 3 is 2.67 bits per heavy atom. The van der Waals surface area contributed by atoms with E-state index in [0.717, 1.165) is 64.1 Å². The molecule has 0 spiro atoms. The van der Waals surface area contributed by atoms with Gasteiger partial charge in [-0.15, -0.1) is 0 Å². The molecule has 10 heteroatoms. The van der Waals surface area contributed by atoms with Crippen molar-refractivity contribution in [3.8, 4) is 22.5 Å². The van der Waals surface area contributed by atoms with Crippen LogP contribution in [-0.4, -0.2) is 44.3 Å². The number of carbonyl (C=O) groups excluding carboxylic acids is 1. The van der Waals surface area contributed by atoms with Crippen LogP contribution in [0.4, 0.5) is 16.4 Å². The molecule has 0 unspecified atom stereocenters. The van der Waals surface area contributed by atoms with Gasteiger partial charge < -0.3 is 19.6 Å². The predicted octanol–water partition coefficient (Wildman–Crippen LogP) is 7.36. The summed E-state index contributed by atoms with van der Waals surface area (Å²) in [6, 6.07) is 12.9. The highest BCUT2D eigenvalue weighted by Crippen LogP contribution is 2.34. The summed E-state index contributed by atoms with van der Waals surface area (Å²) in [6.45, 7) is 11.8. The summed E-state index contributed by atoms with van der Waals surface area (Å²) in [7, 11) is 0. The molecule has 0 aliphatic rings. The van der Waals surface area contributed by atoms with Gasteiger partial charge in [0.1, 0.15) is 17.7 Å². The number of nitrogens with one attached hydrogen (secondary N) is 3. The van der Waals surface area contributed by atoms with Gasteiger partial charge in [-0.25, -0.2) is 14.8 Å². The number of anilines is 2. The summed E-state index contributed by atoms with van der Waals surface area (Å²) in [5.74, 6) is 0.379. The minimum Gasteiger partial charge on any atom is -0.381 e. The summed E-state index contributed by atoms with van der Waals surface area (Å²) in [6.07, 6.45) is 7.46. The van der Waals surface area contributed by atoms with Crippen LogP contribution < -0.4 is 10.6 Å². The minimum absolute atomic E-state index is 0.0698. The van der Waals surface area contributed by atoms with Gasteiger partial charge in [-0.3, -0.25) is 10.3 Å². The summed E-state index contributed by atoms with van der Waals surface area (Å²) >= 11 is 0. The van der Waals surface area contributed by atoms with E-state index in [1.54, 1.807) is 18.7 Å². The van der Waals surface area contributed by atoms with Crippen molar-refractivity contribution in [2.75, 3.05) is 23.8 Å². The maximum atomic E-state index is 12.8. The first kappa shape index (κ1) is 28.7. The molecule has 0 bridgehead atoms. The van der Waals surface area contributed by atoms with Crippen LogP contribution in [0.15, 0.2) is 77.9 Å². The first-order valence-corrected chi connectivity index (χ1v) is 14.1. The second kappa shape index (κ2) is 13.2. The number of carbonyl (C=O) groups is 1. The number of nitrogens with zero attached hydrogens (tertiary/aromatic N) is 4. The van der Waals surface area contributed by atoms with E-state index in [9.17, 15) is 4.79 Å². The van der Waals surface area contributed by atoms with E-state index in [2.05, 4.69) is 55.3 Å². The number of aromatic nitrogens is 5. The average Bonchev–Trinajstić information content (AvgIpc) is 3.62. The van der Waals surface area contributed by atoms with E-state index in [-0.39, 0.29) is 5.92 Å². The Morgan fingerprint density at radius 2 is 1.93 bits per heavy atom. The van der Waals surface area contributed by atoms with Crippen molar-refractivity contribution in [1.29, 1.82) is 0 Å². The van der Waals surface area contributed by atoms with Crippen LogP contribution in [0.2, 0.25) is 0 Å². The van der Waals surface area contributed by atoms with Crippen LogP contribution in [0.3, 0.4) is 0 Å². The van der Waals surface area contributed by atoms with Crippen molar-refractivity contribution >= 4 is 28.6 Å². The zero-order valence-corrected chi connectivity index (χ0v) is 24.1. The predicted molar refractivity (Wildman–Crippen MR) is 164 cm³/mol. The third kappa shape index (κ3) is 6.72. The highest BCUT2D eigenvalue weighted by Gasteiger charge is 2.22. The second-order valence-corrected chi connectivity index (χ2v) is 10.4. The number of urea groups is 1. The highest BCUT2D eigenvalue weighted by atomic mass is 16.5. The lowest BCUT2D eigenvalue weighted by molar-refractivity contribution is 0.137. The topological polar surface area (TPSA) is 131 Å². The molecule has 1 aromatic carbocycles. The van der Waals surface area contributed by atoms with Gasteiger partial charge in [0.25, 0.3) is 0 Å². The number of aromatic amines is 1. The van der Waals surface area contributed by atoms with E-state index >= 15 is 0 Å². The number of hydrogen-bond donors (Lipinski definition) is 3. The number of H-pyrrole nitrogens is 1. The van der Waals surface area contributed by atoms with Gasteiger partial charge >= 0.3 is 6.03 Å². The van der Waals surface area contributed by atoms with Crippen LogP contribution in [0, 0.1) is 0 Å². The zero-order chi connectivity index (χ0) is 29.5. The van der Waals surface area contributed by atoms with Crippen LogP contribution >= 0.6 is 0 Å². The van der Waals surface area contributed by atoms with Crippen LogP contribution in [-0.2, 0) is 11.2 Å². The molecule has 0 saturated carbocycles. The average molecular weight is 566 g/mol. The van der Waals surface area contributed by atoms with Crippen molar-refractivity contribution in [3.05, 3.63) is 84.6 Å². The molecule has 0 saturated heterocycles. The van der Waals surface area contributed by atoms with Crippen molar-refractivity contribution in [3.63, 3.8) is 0 Å². The molecule has 216 valence electrons. The Morgan fingerprint density at radius 1 is 1.10 bits per heavy atom. The molecule has 10 nitrogen and oxygen atoms in total. The summed E-state index contributed by atoms with van der Waals surface area (Å²) in [5, 5.41) is 10.8. The Balaban J connectivity index is 1.25. The molecule has 4 heterocycles. The molecule has 42 heavy (non-hydrogen) atoms. The van der Waals surface area contributed by atoms with Crippen LogP contribution in [0.25, 0.3) is 33.5 Å². The fraction of sp³-hybridized carbons (Fsp3) is 0.281. The Labute approximate surface area is 244 Å². The molecular weight excluding hydrogens is 530 g/mol. The lowest BCUT2D eigenvalue weighted by atomic mass is 9.99. The van der Waals surface area contributed by atoms with Crippen molar-refractivity contribution in [1.82, 2.24) is 25.1 Å². The summed E-state index contributed by atoms with van der Waals surface area (Å²) in [4.78, 5) is 29.3. The molecule has 2 amide bonds. The van der Waals surface area contributed by atoms with E-state index < -0.39 is 6.03 Å². The number of pyridine rings is 1. The van der Waals surface area contributed by atoms with Crippen molar-refractivity contribution < 1.29 is 14.1 Å². The molecule has 0 atom stereocenters. The Kier molecular flexibility index (Phi) is 9.03. The van der Waals surface area contributed by atoms with Gasteiger partial charge in [0.15, 0.2) is 0 Å². The van der Waals surface area contributed by atoms with Gasteiger partial charge in [0, 0.05) is 53.3 Å². The molecule has 0 aliphatic carbocycles. The first-order valence-electron chi connectivity index (χ1n) is 14.1. The fourth-order valence-corrected chi connectivity index (χ4v) is 4.71. The largest absolute Gasteiger partial charge is 0.381 e. The van der Waals surface area contributed by atoms with Gasteiger partial charge in [-0.05, 0) is 54.7 Å². The normalized spacial score (nSPS) is 11.2. The Bertz CT molecular complexity index is 1660. The molecule has 0 radical (unpaired) electrons. The van der Waals surface area contributed by atoms with Crippen LogP contribution in [0.5, 0.6) is 0 Å². The monoisotopic (exact) mass is 565 g/mol. The SMILES string of the molecule is C=C(CCOCCC)Cc1ncnc2[nH]c(-c3ccc(NC(=O)Nc4onc(-c5cccnc5)c4C(C)C)cc3)cc12. The minimum atomic E-state index is -0.426. The molecule has 4 aromatic heterocycles. The maximum Gasteiger partial charge on any atom is 0.326 e. The number of ether oxygens (including phenoxy) is 1. The lowest BCUT2D eigenvalue weighted by Crippen LogP contribution is -2.20. The number of benzene rings is 1. The molecule has 3 N–H and O–H groups in total. The van der Waals surface area contributed by atoms with Gasteiger partial charge in [-0.1, -0.05) is 50.2 Å². The fourth-order valence-electron chi connectivity index (χ4n) is 4.71. The Hall–Kier alpha value is -4.83. The molecule has 5 rings (SSSR count). The van der Waals surface area contributed by atoms with E-state index in [4.69, 9.17) is 9.26 Å². The van der Waals surface area contributed by atoms with Gasteiger partial charge in [0.05, 0.1) is 12.3 Å². The van der Waals surface area contributed by atoms with Gasteiger partial charge in [-0.2, -0.15) is 0 Å². The molecule has 0 aliphatic heterocycles. The molecule has 5 aromatic rings. The quantitative estimate of drug-likeness (QED) is 0.106. The number of hydrogen-bond acceptors (Lipinski definition) is 7. The second-order valence-electron chi connectivity index (χ2n) is 10.4. The molecular formula is C32H35N7O3. The third-order valence-corrected chi connectivity index (χ3v) is 6.80. The lowest BCUT2D eigenvalue weighted by Gasteiger charge is -2.10. The number of amides is 2. The standard InChI is InChI=1S/C32H35N7O3/c1-5-14-41-15-12-21(4)16-27-25-17-26(37-30(25)35-19-34-27)22-8-10-24(11-9-22)36-32(40)38-31-28(20(2)3)29(39-42-31)23-7-6-13-33-18-23/h6-11,13,17-20H,4-5,12,14-16H2,1-3H3,(H,34,35,37)(H2,36,38,40). The molecule has 0 fully saturated rings. The third-order valence-electron chi connectivity index (χ3n) is 6.80. The van der Waals surface area contributed by atoms with Gasteiger partial charge in [0.2, 0.25) is 5.88 Å². The highest BCUT2D eigenvalue weighted by molar-refractivity contribution is 6.00. The van der Waals surface area contributed by atoms with Crippen molar-refractivity contribution in [2.45, 2.75) is 46.0 Å². The first-order chi connectivity index (χ1) is 20.4.